The van der Waals surface area contributed by atoms with Crippen LogP contribution in [0, 0.1) is 30.1 Å². The highest BCUT2D eigenvalue weighted by Gasteiger charge is 2.72. The van der Waals surface area contributed by atoms with Crippen LogP contribution >= 0.6 is 11.6 Å². The van der Waals surface area contributed by atoms with Crippen LogP contribution < -0.4 is 10.1 Å². The zero-order valence-corrected chi connectivity index (χ0v) is 22.4. The molecule has 3 atom stereocenters. The van der Waals surface area contributed by atoms with Crippen molar-refractivity contribution in [2.45, 2.75) is 53.2 Å². The van der Waals surface area contributed by atoms with Crippen LogP contribution in [0.1, 0.15) is 44.7 Å². The Labute approximate surface area is 221 Å². The lowest BCUT2D eigenvalue weighted by molar-refractivity contribution is -0.143. The Balaban J connectivity index is 1.33. The molecule has 3 unspecified atom stereocenters. The van der Waals surface area contributed by atoms with E-state index in [1.165, 1.54) is 11.2 Å². The van der Waals surface area contributed by atoms with E-state index in [0.29, 0.717) is 16.6 Å². The molecule has 2 saturated heterocycles. The third-order valence-electron chi connectivity index (χ3n) is 8.54. The summed E-state index contributed by atoms with van der Waals surface area (Å²) in [5.41, 5.74) is 3.82. The number of carbonyl (C=O) groups is 2. The van der Waals surface area contributed by atoms with Gasteiger partial charge in [0.15, 0.2) is 0 Å². The third-order valence-corrected chi connectivity index (χ3v) is 8.76. The highest BCUT2D eigenvalue weighted by molar-refractivity contribution is 6.31. The van der Waals surface area contributed by atoms with Crippen LogP contribution in [0.15, 0.2) is 30.7 Å². The summed E-state index contributed by atoms with van der Waals surface area (Å²) in [4.78, 5) is 31.8. The van der Waals surface area contributed by atoms with Crippen LogP contribution in [0.4, 0.5) is 0 Å². The fraction of sp³-hybridized carbons (Fsp3) is 0.500. The number of fused-ring (bicyclic) bond motifs is 2. The average Bonchev–Trinajstić information content (AvgIpc) is 3.11. The standard InChI is InChI=1S/C28H32ClN5O3/c1-15-9-19(29)11-20(25(15)37-16(2)18-5-7-30-8-6-18)24-21-10-17(13-34(21)32-14-31-24)12-33-26(35)22-23(27(33)36)28(22,3)4/h9-11,13-14,16,18,22-23,30H,5-8,12H2,1-4H3. The lowest BCUT2D eigenvalue weighted by atomic mass is 9.93. The second-order valence-electron chi connectivity index (χ2n) is 11.3. The number of piperidine rings is 2. The van der Waals surface area contributed by atoms with Crippen LogP contribution in [0.2, 0.25) is 5.02 Å². The normalized spacial score (nSPS) is 24.0. The van der Waals surface area contributed by atoms with Gasteiger partial charge in [-0.05, 0) is 80.4 Å². The van der Waals surface area contributed by atoms with E-state index in [1.807, 2.05) is 45.2 Å². The number of nitrogens with zero attached hydrogens (tertiary/aromatic N) is 4. The molecular weight excluding hydrogens is 490 g/mol. The number of hydrogen-bond donors (Lipinski definition) is 1. The number of rotatable bonds is 6. The first-order valence-corrected chi connectivity index (χ1v) is 13.4. The average molecular weight is 522 g/mol. The lowest BCUT2D eigenvalue weighted by Crippen LogP contribution is -2.35. The molecule has 2 aromatic heterocycles. The van der Waals surface area contributed by atoms with Crippen LogP contribution in [0.5, 0.6) is 5.75 Å². The fourth-order valence-electron chi connectivity index (χ4n) is 6.28. The van der Waals surface area contributed by atoms with Gasteiger partial charge in [0.2, 0.25) is 11.8 Å². The number of amides is 2. The first-order chi connectivity index (χ1) is 17.7. The summed E-state index contributed by atoms with van der Waals surface area (Å²) < 4.78 is 8.34. The molecule has 9 heteroatoms. The van der Waals surface area contributed by atoms with E-state index < -0.39 is 0 Å². The van der Waals surface area contributed by atoms with Gasteiger partial charge in [0.1, 0.15) is 17.8 Å². The summed E-state index contributed by atoms with van der Waals surface area (Å²) in [5.74, 6) is 0.711. The lowest BCUT2D eigenvalue weighted by Gasteiger charge is -2.30. The SMILES string of the molecule is Cc1cc(Cl)cc(-c2ncnn3cc(CN4C(=O)C5C(C4=O)C5(C)C)cc23)c1OC(C)C1CCNCC1. The summed E-state index contributed by atoms with van der Waals surface area (Å²) in [7, 11) is 0. The molecule has 0 radical (unpaired) electrons. The molecule has 1 aliphatic carbocycles. The third kappa shape index (κ3) is 4.01. The summed E-state index contributed by atoms with van der Waals surface area (Å²) in [6.45, 7) is 10.4. The molecule has 8 nitrogen and oxygen atoms in total. The minimum Gasteiger partial charge on any atom is -0.489 e. The Morgan fingerprint density at radius 3 is 2.57 bits per heavy atom. The van der Waals surface area contributed by atoms with E-state index in [-0.39, 0.29) is 41.7 Å². The summed E-state index contributed by atoms with van der Waals surface area (Å²) in [6.07, 6.45) is 5.56. The predicted octanol–water partition coefficient (Wildman–Crippen LogP) is 4.27. The van der Waals surface area contributed by atoms with E-state index in [4.69, 9.17) is 16.3 Å². The van der Waals surface area contributed by atoms with Gasteiger partial charge in [-0.1, -0.05) is 25.4 Å². The van der Waals surface area contributed by atoms with Gasteiger partial charge in [-0.25, -0.2) is 9.50 Å². The van der Waals surface area contributed by atoms with E-state index in [1.54, 1.807) is 4.52 Å². The monoisotopic (exact) mass is 521 g/mol. The second kappa shape index (κ2) is 8.81. The second-order valence-corrected chi connectivity index (χ2v) is 11.8. The molecule has 6 rings (SSSR count). The highest BCUT2D eigenvalue weighted by Crippen LogP contribution is 2.63. The maximum absolute atomic E-state index is 12.9. The quantitative estimate of drug-likeness (QED) is 0.487. The molecule has 37 heavy (non-hydrogen) atoms. The van der Waals surface area contributed by atoms with E-state index in [0.717, 1.165) is 53.9 Å². The first-order valence-electron chi connectivity index (χ1n) is 13.0. The molecule has 2 aliphatic heterocycles. The van der Waals surface area contributed by atoms with Gasteiger partial charge < -0.3 is 10.1 Å². The fourth-order valence-corrected chi connectivity index (χ4v) is 6.55. The summed E-state index contributed by atoms with van der Waals surface area (Å²) in [5, 5.41) is 8.41. The minimum absolute atomic E-state index is 0.0452. The van der Waals surface area contributed by atoms with Gasteiger partial charge in [-0.3, -0.25) is 14.5 Å². The molecular formula is C28H32ClN5O3. The number of hydrogen-bond acceptors (Lipinski definition) is 6. The van der Waals surface area contributed by atoms with Crippen molar-refractivity contribution in [2.75, 3.05) is 13.1 Å². The molecule has 194 valence electrons. The van der Waals surface area contributed by atoms with Crippen LogP contribution in [0.3, 0.4) is 0 Å². The van der Waals surface area contributed by atoms with Crippen LogP contribution in [-0.4, -0.2) is 50.5 Å². The Kier molecular flexibility index (Phi) is 5.80. The molecule has 1 saturated carbocycles. The van der Waals surface area contributed by atoms with Crippen molar-refractivity contribution in [3.05, 3.63) is 46.9 Å². The van der Waals surface area contributed by atoms with Gasteiger partial charge in [0.25, 0.3) is 0 Å². The Morgan fingerprint density at radius 2 is 1.86 bits per heavy atom. The van der Waals surface area contributed by atoms with Crippen molar-refractivity contribution in [3.8, 4) is 17.0 Å². The maximum atomic E-state index is 12.9. The van der Waals surface area contributed by atoms with E-state index in [2.05, 4.69) is 22.3 Å². The number of benzene rings is 1. The number of ether oxygens (including phenoxy) is 1. The largest absolute Gasteiger partial charge is 0.489 e. The zero-order chi connectivity index (χ0) is 26.1. The molecule has 1 aromatic carbocycles. The van der Waals surface area contributed by atoms with Crippen molar-refractivity contribution in [1.29, 1.82) is 0 Å². The number of nitrogens with one attached hydrogen (secondary N) is 1. The maximum Gasteiger partial charge on any atom is 0.233 e. The number of aryl methyl sites for hydroxylation is 1. The number of likely N-dealkylation sites (tertiary alicyclic amines) is 1. The molecule has 0 spiro atoms. The number of aromatic nitrogens is 3. The van der Waals surface area contributed by atoms with Crippen molar-refractivity contribution in [3.63, 3.8) is 0 Å². The number of halogens is 1. The molecule has 1 N–H and O–H groups in total. The van der Waals surface area contributed by atoms with E-state index in [9.17, 15) is 9.59 Å². The summed E-state index contributed by atoms with van der Waals surface area (Å²) >= 11 is 6.50. The van der Waals surface area contributed by atoms with Crippen LogP contribution in [-0.2, 0) is 16.1 Å². The Bertz CT molecular complexity index is 1390. The number of imide groups is 1. The molecule has 0 bridgehead atoms. The van der Waals surface area contributed by atoms with E-state index >= 15 is 0 Å². The molecule has 3 fully saturated rings. The Hall–Kier alpha value is -2.97. The van der Waals surface area contributed by atoms with Gasteiger partial charge in [-0.15, -0.1) is 0 Å². The molecule has 2 amide bonds. The van der Waals surface area contributed by atoms with Gasteiger partial charge in [0, 0.05) is 16.8 Å². The van der Waals surface area contributed by atoms with Gasteiger partial charge in [-0.2, -0.15) is 5.10 Å². The molecule has 4 heterocycles. The number of carbonyl (C=O) groups excluding carboxylic acids is 2. The van der Waals surface area contributed by atoms with Crippen LogP contribution in [0.25, 0.3) is 16.8 Å². The van der Waals surface area contributed by atoms with Gasteiger partial charge >= 0.3 is 0 Å². The molecule has 3 aromatic rings. The van der Waals surface area contributed by atoms with Crippen molar-refractivity contribution in [1.82, 2.24) is 24.8 Å². The van der Waals surface area contributed by atoms with Crippen molar-refractivity contribution in [2.24, 2.45) is 23.2 Å². The molecule has 3 aliphatic rings. The van der Waals surface area contributed by atoms with Crippen molar-refractivity contribution >= 4 is 28.9 Å². The zero-order valence-electron chi connectivity index (χ0n) is 21.6. The first kappa shape index (κ1) is 24.4. The minimum atomic E-state index is -0.221. The van der Waals surface area contributed by atoms with Gasteiger partial charge in [0.05, 0.1) is 30.0 Å². The highest BCUT2D eigenvalue weighted by atomic mass is 35.5. The Morgan fingerprint density at radius 1 is 1.16 bits per heavy atom. The van der Waals surface area contributed by atoms with Crippen molar-refractivity contribution < 1.29 is 14.3 Å². The predicted molar refractivity (Wildman–Crippen MR) is 140 cm³/mol. The summed E-state index contributed by atoms with van der Waals surface area (Å²) in [6, 6.07) is 5.74. The smallest absolute Gasteiger partial charge is 0.233 e. The topological polar surface area (TPSA) is 88.8 Å².